The van der Waals surface area contributed by atoms with E-state index in [4.69, 9.17) is 4.74 Å². The van der Waals surface area contributed by atoms with E-state index >= 15 is 0 Å². The van der Waals surface area contributed by atoms with Gasteiger partial charge in [0.2, 0.25) is 0 Å². The average molecular weight is 357 g/mol. The van der Waals surface area contributed by atoms with Crippen LogP contribution in [0.25, 0.3) is 0 Å². The predicted octanol–water partition coefficient (Wildman–Crippen LogP) is 4.13. The number of anilines is 1. The number of carbonyl (C=O) groups excluding carboxylic acids is 1. The van der Waals surface area contributed by atoms with Crippen molar-refractivity contribution in [1.82, 2.24) is 5.32 Å². The van der Waals surface area contributed by atoms with E-state index in [9.17, 15) is 10.1 Å². The van der Waals surface area contributed by atoms with Crippen LogP contribution in [0.1, 0.15) is 52.5 Å². The summed E-state index contributed by atoms with van der Waals surface area (Å²) in [5.41, 5.74) is 2.21. The maximum atomic E-state index is 12.0. The second-order valence-electron chi connectivity index (χ2n) is 7.22. The van der Waals surface area contributed by atoms with Crippen molar-refractivity contribution in [3.8, 4) is 6.07 Å². The highest BCUT2D eigenvalue weighted by Gasteiger charge is 2.13. The summed E-state index contributed by atoms with van der Waals surface area (Å²) in [4.78, 5) is 12.0. The number of nitriles is 1. The van der Waals surface area contributed by atoms with Gasteiger partial charge in [0.1, 0.15) is 11.6 Å². The fraction of sp³-hybridized carbons (Fsp3) is 0.524. The van der Waals surface area contributed by atoms with Gasteiger partial charge in [0.25, 0.3) is 5.91 Å². The van der Waals surface area contributed by atoms with Crippen LogP contribution < -0.4 is 10.6 Å². The normalized spacial score (nSPS) is 11.7. The Labute approximate surface area is 157 Å². The van der Waals surface area contributed by atoms with Crippen LogP contribution in [0.2, 0.25) is 0 Å². The fourth-order valence-electron chi connectivity index (χ4n) is 2.19. The van der Waals surface area contributed by atoms with Gasteiger partial charge in [-0.15, -0.1) is 0 Å². The van der Waals surface area contributed by atoms with Gasteiger partial charge in [-0.1, -0.05) is 46.2 Å². The topological polar surface area (TPSA) is 74.1 Å². The molecule has 0 unspecified atom stereocenters. The van der Waals surface area contributed by atoms with Gasteiger partial charge in [0.15, 0.2) is 0 Å². The van der Waals surface area contributed by atoms with Gasteiger partial charge in [-0.3, -0.25) is 4.79 Å². The molecule has 0 aliphatic carbocycles. The monoisotopic (exact) mass is 357 g/mol. The van der Waals surface area contributed by atoms with Gasteiger partial charge < -0.3 is 15.4 Å². The molecule has 0 spiro atoms. The Morgan fingerprint density at radius 1 is 1.19 bits per heavy atom. The highest BCUT2D eigenvalue weighted by molar-refractivity contribution is 5.97. The minimum absolute atomic E-state index is 0.0526. The third-order valence-corrected chi connectivity index (χ3v) is 3.89. The van der Waals surface area contributed by atoms with E-state index in [1.165, 1.54) is 11.8 Å². The van der Waals surface area contributed by atoms with E-state index in [0.717, 1.165) is 31.6 Å². The average Bonchev–Trinajstić information content (AvgIpc) is 2.61. The molecule has 0 radical (unpaired) electrons. The number of hydrogen-bond donors (Lipinski definition) is 2. The first-order valence-electron chi connectivity index (χ1n) is 9.21. The Bertz CT molecular complexity index is 622. The molecule has 0 bridgehead atoms. The third-order valence-electron chi connectivity index (χ3n) is 3.89. The van der Waals surface area contributed by atoms with Crippen molar-refractivity contribution in [1.29, 1.82) is 5.26 Å². The maximum Gasteiger partial charge on any atom is 0.263 e. The molecule has 0 aliphatic rings. The molecular formula is C21H31N3O2. The second-order valence-corrected chi connectivity index (χ2v) is 7.22. The van der Waals surface area contributed by atoms with Gasteiger partial charge in [-0.05, 0) is 36.0 Å². The van der Waals surface area contributed by atoms with Crippen molar-refractivity contribution in [3.05, 3.63) is 41.6 Å². The molecule has 1 aromatic rings. The standard InChI is InChI=1S/C21H31N3O2/c1-5-6-13-26-14-7-12-23-20(25)17(15-22)16-24-19-10-8-18(9-11-19)21(2,3)4/h8-11,16,24H,5-7,12-14H2,1-4H3,(H,23,25)/b17-16-. The Kier molecular flexibility index (Phi) is 9.46. The number of carbonyl (C=O) groups is 1. The number of rotatable bonds is 10. The lowest BCUT2D eigenvalue weighted by atomic mass is 9.87. The summed E-state index contributed by atoms with van der Waals surface area (Å²) in [5.74, 6) is -0.375. The largest absolute Gasteiger partial charge is 0.381 e. The van der Waals surface area contributed by atoms with Gasteiger partial charge in [0, 0.05) is 31.6 Å². The summed E-state index contributed by atoms with van der Waals surface area (Å²) in [6.07, 6.45) is 4.34. The Hall–Kier alpha value is -2.32. The summed E-state index contributed by atoms with van der Waals surface area (Å²) in [6.45, 7) is 10.4. The van der Waals surface area contributed by atoms with Crippen molar-refractivity contribution in [3.63, 3.8) is 0 Å². The van der Waals surface area contributed by atoms with Crippen LogP contribution in [-0.2, 0) is 14.9 Å². The van der Waals surface area contributed by atoms with Gasteiger partial charge in [-0.25, -0.2) is 0 Å². The minimum Gasteiger partial charge on any atom is -0.381 e. The number of ether oxygens (including phenoxy) is 1. The van der Waals surface area contributed by atoms with Crippen LogP contribution in [0.5, 0.6) is 0 Å². The van der Waals surface area contributed by atoms with E-state index in [0.29, 0.717) is 13.2 Å². The molecule has 142 valence electrons. The minimum atomic E-state index is -0.375. The molecule has 0 heterocycles. The molecule has 1 aromatic carbocycles. The van der Waals surface area contributed by atoms with Crippen molar-refractivity contribution >= 4 is 11.6 Å². The summed E-state index contributed by atoms with van der Waals surface area (Å²) in [6, 6.07) is 9.90. The highest BCUT2D eigenvalue weighted by Crippen LogP contribution is 2.23. The molecular weight excluding hydrogens is 326 g/mol. The van der Waals surface area contributed by atoms with E-state index in [1.54, 1.807) is 0 Å². The Morgan fingerprint density at radius 2 is 1.85 bits per heavy atom. The Morgan fingerprint density at radius 3 is 2.42 bits per heavy atom. The number of benzene rings is 1. The fourth-order valence-corrected chi connectivity index (χ4v) is 2.19. The van der Waals surface area contributed by atoms with Crippen molar-refractivity contribution in [2.75, 3.05) is 25.1 Å². The van der Waals surface area contributed by atoms with Crippen LogP contribution in [0, 0.1) is 11.3 Å². The number of nitrogens with one attached hydrogen (secondary N) is 2. The summed E-state index contributed by atoms with van der Waals surface area (Å²) in [7, 11) is 0. The molecule has 26 heavy (non-hydrogen) atoms. The van der Waals surface area contributed by atoms with Crippen LogP contribution in [0.15, 0.2) is 36.0 Å². The van der Waals surface area contributed by atoms with Gasteiger partial charge in [0.05, 0.1) is 0 Å². The van der Waals surface area contributed by atoms with Crippen LogP contribution in [0.4, 0.5) is 5.69 Å². The zero-order valence-electron chi connectivity index (χ0n) is 16.4. The SMILES string of the molecule is CCCCOCCCNC(=O)/C(C#N)=C\Nc1ccc(C(C)(C)C)cc1. The lowest BCUT2D eigenvalue weighted by molar-refractivity contribution is -0.117. The van der Waals surface area contributed by atoms with Crippen molar-refractivity contribution < 1.29 is 9.53 Å². The zero-order valence-corrected chi connectivity index (χ0v) is 16.4. The first kappa shape index (κ1) is 21.7. The molecule has 1 amide bonds. The van der Waals surface area contributed by atoms with Crippen molar-refractivity contribution in [2.24, 2.45) is 0 Å². The molecule has 0 aliphatic heterocycles. The second kappa shape index (κ2) is 11.3. The molecule has 0 saturated carbocycles. The number of unbranched alkanes of at least 4 members (excludes halogenated alkanes) is 1. The van der Waals surface area contributed by atoms with E-state index in [1.807, 2.05) is 30.3 Å². The summed E-state index contributed by atoms with van der Waals surface area (Å²) in [5, 5.41) is 14.9. The smallest absolute Gasteiger partial charge is 0.263 e. The van der Waals surface area contributed by atoms with Gasteiger partial charge >= 0.3 is 0 Å². The molecule has 1 rings (SSSR count). The van der Waals surface area contributed by atoms with Crippen LogP contribution in [0.3, 0.4) is 0 Å². The lowest BCUT2D eigenvalue weighted by Crippen LogP contribution is -2.26. The molecule has 2 N–H and O–H groups in total. The third kappa shape index (κ3) is 8.17. The molecule has 0 atom stereocenters. The molecule has 5 heteroatoms. The first-order chi connectivity index (χ1) is 12.4. The van der Waals surface area contributed by atoms with E-state index in [-0.39, 0.29) is 16.9 Å². The van der Waals surface area contributed by atoms with E-state index in [2.05, 4.69) is 38.3 Å². The van der Waals surface area contributed by atoms with E-state index < -0.39 is 0 Å². The van der Waals surface area contributed by atoms with Gasteiger partial charge in [-0.2, -0.15) is 5.26 Å². The Balaban J connectivity index is 2.44. The molecule has 0 fully saturated rings. The summed E-state index contributed by atoms with van der Waals surface area (Å²) >= 11 is 0. The lowest BCUT2D eigenvalue weighted by Gasteiger charge is -2.19. The molecule has 5 nitrogen and oxygen atoms in total. The van der Waals surface area contributed by atoms with Crippen LogP contribution >= 0.6 is 0 Å². The quantitative estimate of drug-likeness (QED) is 0.375. The number of amides is 1. The maximum absolute atomic E-state index is 12.0. The zero-order chi connectivity index (χ0) is 19.4. The predicted molar refractivity (Wildman–Crippen MR) is 106 cm³/mol. The first-order valence-corrected chi connectivity index (χ1v) is 9.21. The number of nitrogens with zero attached hydrogens (tertiary/aromatic N) is 1. The highest BCUT2D eigenvalue weighted by atomic mass is 16.5. The van der Waals surface area contributed by atoms with Crippen LogP contribution in [-0.4, -0.2) is 25.7 Å². The molecule has 0 saturated heterocycles. The summed E-state index contributed by atoms with van der Waals surface area (Å²) < 4.78 is 5.44. The number of hydrogen-bond acceptors (Lipinski definition) is 4. The van der Waals surface area contributed by atoms with Crippen molar-refractivity contribution in [2.45, 2.75) is 52.4 Å². The molecule has 0 aromatic heterocycles.